The van der Waals surface area contributed by atoms with E-state index in [1.54, 1.807) is 0 Å². The van der Waals surface area contributed by atoms with Crippen molar-refractivity contribution >= 4 is 60.9 Å². The van der Waals surface area contributed by atoms with Crippen molar-refractivity contribution in [3.63, 3.8) is 0 Å². The standard InChI is InChI=1S/C41H26N4/c1-2-13-28(14-3-1)43-35-19-9-8-18-33(35)34-26-29(23-25-38(34)43)44-36-20-10-6-16-31(36)32-17-7-11-21-37(32)45-39-24-22-27-12-4-5-15-30(27)40(39)42-41(44)45/h1-26H. The summed E-state index contributed by atoms with van der Waals surface area (Å²) in [6.07, 6.45) is 0. The van der Waals surface area contributed by atoms with Gasteiger partial charge >= 0.3 is 0 Å². The molecule has 0 aliphatic carbocycles. The Labute approximate surface area is 259 Å². The van der Waals surface area contributed by atoms with Gasteiger partial charge in [-0.05, 0) is 60.0 Å². The lowest BCUT2D eigenvalue weighted by atomic mass is 10.0. The van der Waals surface area contributed by atoms with Crippen molar-refractivity contribution in [2.45, 2.75) is 0 Å². The predicted octanol–water partition coefficient (Wildman–Crippen LogP) is 10.7. The number of hydrogen-bond acceptors (Lipinski definition) is 2. The minimum Gasteiger partial charge on any atom is -0.309 e. The summed E-state index contributed by atoms with van der Waals surface area (Å²) in [6, 6.07) is 56.5. The zero-order valence-electron chi connectivity index (χ0n) is 24.3. The molecule has 3 heterocycles. The summed E-state index contributed by atoms with van der Waals surface area (Å²) in [4.78, 5) is 7.82. The molecule has 0 unspecified atom stereocenters. The van der Waals surface area contributed by atoms with Crippen molar-refractivity contribution in [1.82, 2.24) is 14.1 Å². The first-order valence-electron chi connectivity index (χ1n) is 15.3. The van der Waals surface area contributed by atoms with Crippen LogP contribution in [0, 0.1) is 0 Å². The molecule has 0 saturated carbocycles. The van der Waals surface area contributed by atoms with Gasteiger partial charge in [0.2, 0.25) is 5.95 Å². The zero-order valence-corrected chi connectivity index (χ0v) is 24.3. The quantitative estimate of drug-likeness (QED) is 0.205. The summed E-state index contributed by atoms with van der Waals surface area (Å²) in [5, 5.41) is 4.78. The maximum absolute atomic E-state index is 5.48. The summed E-state index contributed by atoms with van der Waals surface area (Å²) >= 11 is 0. The van der Waals surface area contributed by atoms with Crippen LogP contribution in [-0.2, 0) is 0 Å². The first-order valence-corrected chi connectivity index (χ1v) is 15.3. The Morgan fingerprint density at radius 3 is 1.91 bits per heavy atom. The Balaban J connectivity index is 1.32. The van der Waals surface area contributed by atoms with Crippen molar-refractivity contribution in [1.29, 1.82) is 0 Å². The molecule has 1 aliphatic heterocycles. The highest BCUT2D eigenvalue weighted by Crippen LogP contribution is 2.49. The third-order valence-corrected chi connectivity index (χ3v) is 9.24. The minimum atomic E-state index is 0.880. The number of para-hydroxylation sites is 4. The van der Waals surface area contributed by atoms with Gasteiger partial charge in [0.1, 0.15) is 0 Å². The lowest BCUT2D eigenvalue weighted by molar-refractivity contribution is 1.05. The number of imidazole rings is 1. The van der Waals surface area contributed by atoms with Crippen LogP contribution < -0.4 is 4.90 Å². The Morgan fingerprint density at radius 1 is 0.400 bits per heavy atom. The molecule has 0 saturated heterocycles. The second kappa shape index (κ2) is 9.18. The Kier molecular flexibility index (Phi) is 4.96. The van der Waals surface area contributed by atoms with E-state index in [-0.39, 0.29) is 0 Å². The number of aromatic nitrogens is 3. The van der Waals surface area contributed by atoms with Gasteiger partial charge in [-0.25, -0.2) is 4.98 Å². The van der Waals surface area contributed by atoms with Crippen LogP contribution in [-0.4, -0.2) is 14.1 Å². The SMILES string of the molecule is c1ccc(-n2c3ccccc3c3cc(N4c5ccccc5-c5ccccc5-n5c4nc4c6ccccc6ccc45)ccc32)cc1. The third-order valence-electron chi connectivity index (χ3n) is 9.24. The third kappa shape index (κ3) is 3.39. The van der Waals surface area contributed by atoms with Gasteiger partial charge in [0, 0.05) is 38.7 Å². The average Bonchev–Trinajstić information content (AvgIpc) is 3.62. The molecule has 0 spiro atoms. The Morgan fingerprint density at radius 2 is 1.04 bits per heavy atom. The Hall–Kier alpha value is -6.13. The van der Waals surface area contributed by atoms with E-state index < -0.39 is 0 Å². The topological polar surface area (TPSA) is 26.0 Å². The van der Waals surface area contributed by atoms with Crippen molar-refractivity contribution in [2.75, 3.05) is 4.90 Å². The molecule has 0 N–H and O–H groups in total. The van der Waals surface area contributed by atoms with Crippen LogP contribution in [0.5, 0.6) is 0 Å². The van der Waals surface area contributed by atoms with Crippen LogP contribution in [0.3, 0.4) is 0 Å². The molecule has 0 radical (unpaired) electrons. The molecule has 0 fully saturated rings. The molecule has 0 bridgehead atoms. The summed E-state index contributed by atoms with van der Waals surface area (Å²) < 4.78 is 4.70. The first-order chi connectivity index (χ1) is 22.3. The second-order valence-electron chi connectivity index (χ2n) is 11.7. The monoisotopic (exact) mass is 574 g/mol. The lowest BCUT2D eigenvalue weighted by Gasteiger charge is -2.24. The molecular weight excluding hydrogens is 548 g/mol. The number of hydrogen-bond donors (Lipinski definition) is 0. The van der Waals surface area contributed by atoms with E-state index >= 15 is 0 Å². The van der Waals surface area contributed by atoms with Crippen LogP contribution in [0.4, 0.5) is 17.3 Å². The van der Waals surface area contributed by atoms with Gasteiger partial charge in [-0.2, -0.15) is 0 Å². The lowest BCUT2D eigenvalue weighted by Crippen LogP contribution is -2.14. The fourth-order valence-electron chi connectivity index (χ4n) is 7.30. The Bertz CT molecular complexity index is 2610. The number of anilines is 3. The summed E-state index contributed by atoms with van der Waals surface area (Å²) in [5.74, 6) is 0.880. The average molecular weight is 575 g/mol. The van der Waals surface area contributed by atoms with Gasteiger partial charge in [-0.1, -0.05) is 103 Å². The van der Waals surface area contributed by atoms with Gasteiger partial charge in [-0.3, -0.25) is 9.47 Å². The highest BCUT2D eigenvalue weighted by atomic mass is 15.3. The van der Waals surface area contributed by atoms with Gasteiger partial charge < -0.3 is 4.57 Å². The molecule has 45 heavy (non-hydrogen) atoms. The van der Waals surface area contributed by atoms with Crippen molar-refractivity contribution in [3.8, 4) is 22.5 Å². The molecule has 4 heteroatoms. The van der Waals surface area contributed by atoms with Crippen LogP contribution in [0.2, 0.25) is 0 Å². The molecule has 0 atom stereocenters. The van der Waals surface area contributed by atoms with E-state index in [2.05, 4.69) is 172 Å². The van der Waals surface area contributed by atoms with Crippen LogP contribution in [0.15, 0.2) is 158 Å². The van der Waals surface area contributed by atoms with E-state index in [0.29, 0.717) is 0 Å². The fourth-order valence-corrected chi connectivity index (χ4v) is 7.30. The molecule has 7 aromatic carbocycles. The maximum Gasteiger partial charge on any atom is 0.220 e. The van der Waals surface area contributed by atoms with E-state index in [1.807, 2.05) is 0 Å². The van der Waals surface area contributed by atoms with E-state index in [4.69, 9.17) is 4.98 Å². The van der Waals surface area contributed by atoms with Crippen molar-refractivity contribution in [3.05, 3.63) is 158 Å². The van der Waals surface area contributed by atoms with E-state index in [9.17, 15) is 0 Å². The van der Waals surface area contributed by atoms with Crippen molar-refractivity contribution in [2.24, 2.45) is 0 Å². The zero-order chi connectivity index (χ0) is 29.5. The van der Waals surface area contributed by atoms with E-state index in [1.165, 1.54) is 38.3 Å². The summed E-state index contributed by atoms with van der Waals surface area (Å²) in [7, 11) is 0. The number of benzene rings is 7. The molecule has 2 aromatic heterocycles. The van der Waals surface area contributed by atoms with Gasteiger partial charge in [-0.15, -0.1) is 0 Å². The maximum atomic E-state index is 5.48. The summed E-state index contributed by atoms with van der Waals surface area (Å²) in [5.41, 5.74) is 11.3. The number of fused-ring (bicyclic) bond motifs is 12. The first kappa shape index (κ1) is 24.3. The highest BCUT2D eigenvalue weighted by molar-refractivity contribution is 6.12. The largest absolute Gasteiger partial charge is 0.309 e. The second-order valence-corrected chi connectivity index (χ2v) is 11.7. The van der Waals surface area contributed by atoms with Gasteiger partial charge in [0.05, 0.1) is 33.4 Å². The van der Waals surface area contributed by atoms with Gasteiger partial charge in [0.15, 0.2) is 0 Å². The van der Waals surface area contributed by atoms with Crippen molar-refractivity contribution < 1.29 is 0 Å². The van der Waals surface area contributed by atoms with Gasteiger partial charge in [0.25, 0.3) is 0 Å². The molecule has 210 valence electrons. The number of nitrogens with zero attached hydrogens (tertiary/aromatic N) is 4. The van der Waals surface area contributed by atoms with E-state index in [0.717, 1.165) is 45.1 Å². The predicted molar refractivity (Wildman–Crippen MR) is 187 cm³/mol. The highest BCUT2D eigenvalue weighted by Gasteiger charge is 2.30. The van der Waals surface area contributed by atoms with Crippen LogP contribution in [0.1, 0.15) is 0 Å². The minimum absolute atomic E-state index is 0.880. The number of rotatable bonds is 2. The molecule has 9 aromatic rings. The summed E-state index contributed by atoms with van der Waals surface area (Å²) in [6.45, 7) is 0. The molecule has 0 amide bonds. The van der Waals surface area contributed by atoms with Crippen LogP contribution in [0.25, 0.3) is 66.1 Å². The molecule has 4 nitrogen and oxygen atoms in total. The molecule has 10 rings (SSSR count). The van der Waals surface area contributed by atoms with Crippen LogP contribution >= 0.6 is 0 Å². The molecule has 1 aliphatic rings. The smallest absolute Gasteiger partial charge is 0.220 e. The normalized spacial score (nSPS) is 12.4. The molecular formula is C41H26N4. The fraction of sp³-hybridized carbons (Fsp3) is 0.